The van der Waals surface area contributed by atoms with Gasteiger partial charge < -0.3 is 15.2 Å². The third-order valence-electron chi connectivity index (χ3n) is 7.03. The zero-order valence-corrected chi connectivity index (χ0v) is 17.3. The predicted octanol–water partition coefficient (Wildman–Crippen LogP) is 3.91. The fourth-order valence-corrected chi connectivity index (χ4v) is 6.56. The Hall–Kier alpha value is -2.62. The van der Waals surface area contributed by atoms with Gasteiger partial charge in [-0.15, -0.1) is 11.3 Å². The van der Waals surface area contributed by atoms with E-state index >= 15 is 0 Å². The minimum Gasteiger partial charge on any atom is -0.363 e. The molecular weight excluding hydrogens is 380 g/mol. The van der Waals surface area contributed by atoms with Gasteiger partial charge in [-0.1, -0.05) is 13.8 Å². The van der Waals surface area contributed by atoms with E-state index < -0.39 is 0 Å². The van der Waals surface area contributed by atoms with E-state index in [1.807, 2.05) is 12.1 Å². The fourth-order valence-electron chi connectivity index (χ4n) is 5.60. The number of anilines is 1. The number of ketones is 1. The number of nitrogens with one attached hydrogen (secondary N) is 2. The van der Waals surface area contributed by atoms with Crippen LogP contribution in [-0.4, -0.2) is 35.9 Å². The Kier molecular flexibility index (Phi) is 3.40. The van der Waals surface area contributed by atoms with Gasteiger partial charge in [-0.3, -0.25) is 4.79 Å². The average molecular weight is 403 g/mol. The Labute approximate surface area is 173 Å². The van der Waals surface area contributed by atoms with Crippen LogP contribution in [0.15, 0.2) is 24.3 Å². The second-order valence-corrected chi connectivity index (χ2v) is 10.0. The predicted molar refractivity (Wildman–Crippen MR) is 115 cm³/mol. The van der Waals surface area contributed by atoms with Crippen LogP contribution in [0, 0.1) is 11.3 Å². The number of H-pyrrole nitrogens is 1. The minimum atomic E-state index is -0.298. The molecule has 2 fully saturated rings. The van der Waals surface area contributed by atoms with Gasteiger partial charge in [0.05, 0.1) is 15.8 Å². The highest BCUT2D eigenvalue weighted by atomic mass is 32.1. The molecule has 2 saturated heterocycles. The molecule has 146 valence electrons. The zero-order valence-electron chi connectivity index (χ0n) is 16.5. The molecule has 0 saturated carbocycles. The van der Waals surface area contributed by atoms with Crippen molar-refractivity contribution in [3.05, 3.63) is 51.5 Å². The molecule has 2 N–H and O–H groups in total. The SMILES string of the molecule is CC1(C)c2cc(N3C4CCC3CNC4)ccc2C(=O)c2c1[nH]c1cc(C#N)sc21. The summed E-state index contributed by atoms with van der Waals surface area (Å²) in [6.07, 6.45) is 2.46. The second kappa shape index (κ2) is 5.71. The van der Waals surface area contributed by atoms with Crippen molar-refractivity contribution >= 4 is 33.0 Å². The van der Waals surface area contributed by atoms with E-state index in [0.717, 1.165) is 45.7 Å². The number of benzene rings is 1. The molecule has 0 spiro atoms. The number of carbonyl (C=O) groups excluding carboxylic acids is 1. The molecular formula is C23H22N4OS. The summed E-state index contributed by atoms with van der Waals surface area (Å²) in [6.45, 7) is 6.46. The average Bonchev–Trinajstić information content (AvgIpc) is 3.35. The van der Waals surface area contributed by atoms with Crippen LogP contribution < -0.4 is 10.2 Å². The van der Waals surface area contributed by atoms with E-state index in [9.17, 15) is 10.1 Å². The summed E-state index contributed by atoms with van der Waals surface area (Å²) in [6, 6.07) is 11.6. The Morgan fingerprint density at radius 3 is 2.69 bits per heavy atom. The molecule has 2 bridgehead atoms. The molecule has 5 nitrogen and oxygen atoms in total. The molecule has 2 unspecified atom stereocenters. The molecule has 0 radical (unpaired) electrons. The van der Waals surface area contributed by atoms with E-state index in [2.05, 4.69) is 47.3 Å². The van der Waals surface area contributed by atoms with Gasteiger partial charge in [-0.2, -0.15) is 5.26 Å². The molecule has 6 rings (SSSR count). The van der Waals surface area contributed by atoms with Crippen LogP contribution >= 0.6 is 11.3 Å². The number of aromatic nitrogens is 1. The lowest BCUT2D eigenvalue weighted by atomic mass is 9.71. The van der Waals surface area contributed by atoms with Crippen LogP contribution in [0.5, 0.6) is 0 Å². The van der Waals surface area contributed by atoms with Gasteiger partial charge in [0.2, 0.25) is 0 Å². The highest BCUT2D eigenvalue weighted by molar-refractivity contribution is 7.20. The van der Waals surface area contributed by atoms with Crippen molar-refractivity contribution in [1.29, 1.82) is 5.26 Å². The first-order valence-corrected chi connectivity index (χ1v) is 11.0. The first-order valence-electron chi connectivity index (χ1n) is 10.2. The first-order chi connectivity index (χ1) is 14.0. The van der Waals surface area contributed by atoms with Crippen LogP contribution in [-0.2, 0) is 5.41 Å². The van der Waals surface area contributed by atoms with E-state index in [4.69, 9.17) is 0 Å². The monoisotopic (exact) mass is 402 g/mol. The quantitative estimate of drug-likeness (QED) is 0.647. The van der Waals surface area contributed by atoms with Gasteiger partial charge in [0.25, 0.3) is 0 Å². The van der Waals surface area contributed by atoms with Crippen molar-refractivity contribution in [1.82, 2.24) is 10.3 Å². The number of thiophene rings is 1. The number of nitriles is 1. The van der Waals surface area contributed by atoms with E-state index in [-0.39, 0.29) is 11.2 Å². The molecule has 2 aliphatic heterocycles. The summed E-state index contributed by atoms with van der Waals surface area (Å²) in [5.74, 6) is 0.0711. The molecule has 3 aliphatic rings. The number of hydrogen-bond donors (Lipinski definition) is 2. The smallest absolute Gasteiger partial charge is 0.196 e. The van der Waals surface area contributed by atoms with Crippen LogP contribution in [0.4, 0.5) is 5.69 Å². The lowest BCUT2D eigenvalue weighted by Gasteiger charge is -2.39. The summed E-state index contributed by atoms with van der Waals surface area (Å²) in [7, 11) is 0. The van der Waals surface area contributed by atoms with E-state index in [1.54, 1.807) is 0 Å². The van der Waals surface area contributed by atoms with Gasteiger partial charge in [0, 0.05) is 47.5 Å². The Morgan fingerprint density at radius 1 is 1.21 bits per heavy atom. The molecule has 0 amide bonds. The number of piperazine rings is 1. The molecule has 6 heteroatoms. The Balaban J connectivity index is 1.51. The lowest BCUT2D eigenvalue weighted by molar-refractivity contribution is 0.103. The van der Waals surface area contributed by atoms with Crippen molar-refractivity contribution in [3.8, 4) is 6.07 Å². The Morgan fingerprint density at radius 2 is 1.97 bits per heavy atom. The summed E-state index contributed by atoms with van der Waals surface area (Å²) in [4.78, 5) is 20.2. The van der Waals surface area contributed by atoms with Crippen molar-refractivity contribution < 1.29 is 4.79 Å². The second-order valence-electron chi connectivity index (χ2n) is 8.97. The lowest BCUT2D eigenvalue weighted by Crippen LogP contribution is -2.52. The molecule has 1 aromatic carbocycles. The number of aromatic amines is 1. The Bertz CT molecular complexity index is 1210. The number of fused-ring (bicyclic) bond motifs is 6. The van der Waals surface area contributed by atoms with Crippen LogP contribution in [0.1, 0.15) is 58.7 Å². The number of carbonyl (C=O) groups is 1. The first kappa shape index (κ1) is 17.3. The summed E-state index contributed by atoms with van der Waals surface area (Å²) < 4.78 is 0.907. The summed E-state index contributed by atoms with van der Waals surface area (Å²) in [5.41, 5.74) is 5.45. The molecule has 29 heavy (non-hydrogen) atoms. The number of hydrogen-bond acceptors (Lipinski definition) is 5. The van der Waals surface area contributed by atoms with Gasteiger partial charge >= 0.3 is 0 Å². The summed E-state index contributed by atoms with van der Waals surface area (Å²) >= 11 is 1.40. The van der Waals surface area contributed by atoms with Gasteiger partial charge in [-0.05, 0) is 42.7 Å². The van der Waals surface area contributed by atoms with Crippen LogP contribution in [0.3, 0.4) is 0 Å². The van der Waals surface area contributed by atoms with Crippen molar-refractivity contribution in [2.75, 3.05) is 18.0 Å². The van der Waals surface area contributed by atoms with Crippen molar-refractivity contribution in [3.63, 3.8) is 0 Å². The highest BCUT2D eigenvalue weighted by Crippen LogP contribution is 2.47. The maximum absolute atomic E-state index is 13.5. The maximum Gasteiger partial charge on any atom is 0.196 e. The molecule has 3 aromatic rings. The normalized spacial score (nSPS) is 24.4. The minimum absolute atomic E-state index is 0.0711. The third-order valence-corrected chi connectivity index (χ3v) is 8.09. The topological polar surface area (TPSA) is 71.9 Å². The molecule has 2 atom stereocenters. The standard InChI is InChI=1S/C23H22N4OS/c1-23(2)17-7-12(27-13-3-4-14(27)11-25-10-13)5-6-16(17)20(28)19-21-18(26-22(19)23)8-15(9-24)29-21/h5-8,13-14,25-26H,3-4,10-11H2,1-2H3. The summed E-state index contributed by atoms with van der Waals surface area (Å²) in [5, 5.41) is 12.8. The van der Waals surface area contributed by atoms with E-state index in [0.29, 0.717) is 17.0 Å². The van der Waals surface area contributed by atoms with Gasteiger partial charge in [0.1, 0.15) is 10.9 Å². The zero-order chi connectivity index (χ0) is 19.9. The largest absolute Gasteiger partial charge is 0.363 e. The van der Waals surface area contributed by atoms with Crippen molar-refractivity contribution in [2.24, 2.45) is 0 Å². The third kappa shape index (κ3) is 2.20. The van der Waals surface area contributed by atoms with Gasteiger partial charge in [-0.25, -0.2) is 0 Å². The van der Waals surface area contributed by atoms with Crippen LogP contribution in [0.2, 0.25) is 0 Å². The highest BCUT2D eigenvalue weighted by Gasteiger charge is 2.42. The maximum atomic E-state index is 13.5. The van der Waals surface area contributed by atoms with Crippen LogP contribution in [0.25, 0.3) is 10.2 Å². The van der Waals surface area contributed by atoms with Gasteiger partial charge in [0.15, 0.2) is 5.78 Å². The van der Waals surface area contributed by atoms with E-state index in [1.165, 1.54) is 29.9 Å². The molecule has 1 aliphatic carbocycles. The van der Waals surface area contributed by atoms with Crippen molar-refractivity contribution in [2.45, 2.75) is 44.2 Å². The molecule has 2 aromatic heterocycles. The molecule has 4 heterocycles. The number of rotatable bonds is 1. The fraction of sp³-hybridized carbons (Fsp3) is 0.391. The number of nitrogens with zero attached hydrogens (tertiary/aromatic N) is 2.